The van der Waals surface area contributed by atoms with Crippen LogP contribution in [0.3, 0.4) is 0 Å². The highest BCUT2D eigenvalue weighted by atomic mass is 16.2. The number of likely N-dealkylation sites (tertiary alicyclic amines) is 1. The maximum absolute atomic E-state index is 13.5. The fourth-order valence-corrected chi connectivity index (χ4v) is 4.64. The number of piperidine rings is 1. The van der Waals surface area contributed by atoms with Gasteiger partial charge in [-0.3, -0.25) is 4.79 Å². The van der Waals surface area contributed by atoms with E-state index in [0.29, 0.717) is 11.5 Å². The van der Waals surface area contributed by atoms with Crippen molar-refractivity contribution in [3.8, 4) is 5.69 Å². The molecule has 2 bridgehead atoms. The van der Waals surface area contributed by atoms with Gasteiger partial charge in [-0.05, 0) is 61.9 Å². The van der Waals surface area contributed by atoms with Gasteiger partial charge in [-0.2, -0.15) is 15.0 Å². The van der Waals surface area contributed by atoms with Crippen LogP contribution in [0.1, 0.15) is 34.3 Å². The standard InChI is InChI=1S/C22H24N6O/c1-14-3-5-17(19(9-14)28-24-7-8-25-28)22(29)27-13-16-10-18(20(27)11-16)26-21-6-4-15(2)12-23-21/h3-9,12,16,18,20H,10-11,13H2,1-2H3,(H,23,26). The summed E-state index contributed by atoms with van der Waals surface area (Å²) in [5, 5.41) is 12.0. The van der Waals surface area contributed by atoms with E-state index in [4.69, 9.17) is 0 Å². The molecule has 1 aliphatic heterocycles. The lowest BCUT2D eigenvalue weighted by atomic mass is 10.0. The third-order valence-corrected chi connectivity index (χ3v) is 6.01. The first kappa shape index (κ1) is 17.8. The van der Waals surface area contributed by atoms with Crippen LogP contribution < -0.4 is 5.32 Å². The Hall–Kier alpha value is -3.22. The molecule has 148 valence electrons. The first-order valence-corrected chi connectivity index (χ1v) is 10.1. The number of amides is 1. The van der Waals surface area contributed by atoms with E-state index < -0.39 is 0 Å². The normalized spacial score (nSPS) is 22.8. The summed E-state index contributed by atoms with van der Waals surface area (Å²) in [4.78, 5) is 21.6. The predicted molar refractivity (Wildman–Crippen MR) is 110 cm³/mol. The third-order valence-electron chi connectivity index (χ3n) is 6.01. The van der Waals surface area contributed by atoms with Crippen LogP contribution in [0.15, 0.2) is 48.9 Å². The molecule has 1 N–H and O–H groups in total. The largest absolute Gasteiger partial charge is 0.365 e. The minimum absolute atomic E-state index is 0.0492. The second-order valence-electron chi connectivity index (χ2n) is 8.17. The number of nitrogens with one attached hydrogen (secondary N) is 1. The number of carbonyl (C=O) groups excluding carboxylic acids is 1. The van der Waals surface area contributed by atoms with Crippen LogP contribution in [0.4, 0.5) is 5.82 Å². The lowest BCUT2D eigenvalue weighted by Gasteiger charge is -2.34. The number of pyridine rings is 1. The highest BCUT2D eigenvalue weighted by Gasteiger charge is 2.47. The summed E-state index contributed by atoms with van der Waals surface area (Å²) >= 11 is 0. The molecule has 3 atom stereocenters. The monoisotopic (exact) mass is 388 g/mol. The molecule has 1 saturated heterocycles. The molecule has 7 nitrogen and oxygen atoms in total. The maximum atomic E-state index is 13.5. The summed E-state index contributed by atoms with van der Waals surface area (Å²) in [5.74, 6) is 1.45. The van der Waals surface area contributed by atoms with Crippen LogP contribution in [-0.4, -0.2) is 49.4 Å². The van der Waals surface area contributed by atoms with E-state index >= 15 is 0 Å². The van der Waals surface area contributed by atoms with Gasteiger partial charge in [-0.25, -0.2) is 4.98 Å². The van der Waals surface area contributed by atoms with Gasteiger partial charge in [-0.15, -0.1) is 0 Å². The molecule has 3 unspecified atom stereocenters. The molecule has 1 aromatic carbocycles. The second-order valence-corrected chi connectivity index (χ2v) is 8.17. The average molecular weight is 388 g/mol. The van der Waals surface area contributed by atoms with Crippen molar-refractivity contribution in [3.05, 3.63) is 65.6 Å². The van der Waals surface area contributed by atoms with Crippen LogP contribution >= 0.6 is 0 Å². The van der Waals surface area contributed by atoms with Gasteiger partial charge in [0, 0.05) is 18.8 Å². The summed E-state index contributed by atoms with van der Waals surface area (Å²) in [5.41, 5.74) is 3.58. The van der Waals surface area contributed by atoms with Crippen molar-refractivity contribution < 1.29 is 4.79 Å². The number of rotatable bonds is 4. The Morgan fingerprint density at radius 1 is 1.07 bits per heavy atom. The minimum atomic E-state index is 0.0492. The number of aryl methyl sites for hydroxylation is 2. The van der Waals surface area contributed by atoms with Crippen molar-refractivity contribution in [2.45, 2.75) is 38.8 Å². The zero-order chi connectivity index (χ0) is 20.0. The van der Waals surface area contributed by atoms with Crippen molar-refractivity contribution in [1.29, 1.82) is 0 Å². The summed E-state index contributed by atoms with van der Waals surface area (Å²) < 4.78 is 0. The van der Waals surface area contributed by atoms with Crippen molar-refractivity contribution in [1.82, 2.24) is 24.9 Å². The molecule has 3 heterocycles. The molecule has 5 rings (SSSR count). The Labute approximate surface area is 169 Å². The Morgan fingerprint density at radius 3 is 2.59 bits per heavy atom. The fraction of sp³-hybridized carbons (Fsp3) is 0.364. The molecule has 2 fully saturated rings. The molecule has 7 heteroatoms. The molecule has 1 amide bonds. The zero-order valence-electron chi connectivity index (χ0n) is 16.6. The van der Waals surface area contributed by atoms with E-state index in [2.05, 4.69) is 26.6 Å². The first-order valence-electron chi connectivity index (χ1n) is 10.1. The molecule has 2 aromatic heterocycles. The quantitative estimate of drug-likeness (QED) is 0.744. The summed E-state index contributed by atoms with van der Waals surface area (Å²) in [6.45, 7) is 4.85. The first-order chi connectivity index (χ1) is 14.1. The van der Waals surface area contributed by atoms with Gasteiger partial charge < -0.3 is 10.2 Å². The minimum Gasteiger partial charge on any atom is -0.365 e. The number of hydrogen-bond acceptors (Lipinski definition) is 5. The van der Waals surface area contributed by atoms with E-state index in [9.17, 15) is 4.79 Å². The van der Waals surface area contributed by atoms with E-state index in [1.165, 1.54) is 4.80 Å². The van der Waals surface area contributed by atoms with Crippen LogP contribution in [0, 0.1) is 19.8 Å². The number of fused-ring (bicyclic) bond motifs is 2. The molecule has 2 aliphatic rings. The summed E-state index contributed by atoms with van der Waals surface area (Å²) in [6.07, 6.45) is 7.24. The highest BCUT2D eigenvalue weighted by molar-refractivity contribution is 5.98. The van der Waals surface area contributed by atoms with Crippen LogP contribution in [0.25, 0.3) is 5.69 Å². The van der Waals surface area contributed by atoms with Crippen molar-refractivity contribution in [3.63, 3.8) is 0 Å². The van der Waals surface area contributed by atoms with E-state index in [1.807, 2.05) is 49.2 Å². The molecule has 29 heavy (non-hydrogen) atoms. The van der Waals surface area contributed by atoms with Crippen LogP contribution in [-0.2, 0) is 0 Å². The second kappa shape index (κ2) is 6.99. The average Bonchev–Trinajstić information content (AvgIpc) is 3.46. The molecule has 1 aliphatic carbocycles. The number of benzene rings is 1. The maximum Gasteiger partial charge on any atom is 0.256 e. The van der Waals surface area contributed by atoms with E-state index in [-0.39, 0.29) is 18.0 Å². The number of nitrogens with zero attached hydrogens (tertiary/aromatic N) is 5. The lowest BCUT2D eigenvalue weighted by molar-refractivity contribution is 0.0691. The SMILES string of the molecule is Cc1ccc(NC2CC3CC2N(C(=O)c2ccc(C)cc2-n2nccn2)C3)nc1. The van der Waals surface area contributed by atoms with Gasteiger partial charge in [0.05, 0.1) is 29.7 Å². The van der Waals surface area contributed by atoms with Gasteiger partial charge in [-0.1, -0.05) is 12.1 Å². The number of hydrogen-bond donors (Lipinski definition) is 1. The molecule has 1 saturated carbocycles. The Morgan fingerprint density at radius 2 is 1.86 bits per heavy atom. The van der Waals surface area contributed by atoms with Gasteiger partial charge in [0.1, 0.15) is 5.82 Å². The van der Waals surface area contributed by atoms with Crippen molar-refractivity contribution in [2.75, 3.05) is 11.9 Å². The Balaban J connectivity index is 1.40. The zero-order valence-corrected chi connectivity index (χ0v) is 16.6. The van der Waals surface area contributed by atoms with Gasteiger partial charge in [0.25, 0.3) is 5.91 Å². The van der Waals surface area contributed by atoms with Crippen LogP contribution in [0.5, 0.6) is 0 Å². The number of aromatic nitrogens is 4. The molecular weight excluding hydrogens is 364 g/mol. The van der Waals surface area contributed by atoms with Crippen LogP contribution in [0.2, 0.25) is 0 Å². The predicted octanol–water partition coefficient (Wildman–Crippen LogP) is 2.99. The lowest BCUT2D eigenvalue weighted by Crippen LogP contribution is -2.48. The van der Waals surface area contributed by atoms with Crippen molar-refractivity contribution >= 4 is 11.7 Å². The van der Waals surface area contributed by atoms with Gasteiger partial charge in [0.15, 0.2) is 0 Å². The Bertz CT molecular complexity index is 1030. The molecular formula is C22H24N6O. The highest BCUT2D eigenvalue weighted by Crippen LogP contribution is 2.40. The topological polar surface area (TPSA) is 75.9 Å². The summed E-state index contributed by atoms with van der Waals surface area (Å²) in [7, 11) is 0. The van der Waals surface area contributed by atoms with Crippen molar-refractivity contribution in [2.24, 2.45) is 5.92 Å². The molecule has 0 spiro atoms. The number of carbonyl (C=O) groups is 1. The fourth-order valence-electron chi connectivity index (χ4n) is 4.64. The van der Waals surface area contributed by atoms with Gasteiger partial charge in [0.2, 0.25) is 0 Å². The molecule has 3 aromatic rings. The number of anilines is 1. The van der Waals surface area contributed by atoms with E-state index in [0.717, 1.165) is 42.0 Å². The molecule has 0 radical (unpaired) electrons. The Kier molecular flexibility index (Phi) is 4.30. The van der Waals surface area contributed by atoms with Gasteiger partial charge >= 0.3 is 0 Å². The summed E-state index contributed by atoms with van der Waals surface area (Å²) in [6, 6.07) is 10.3. The smallest absolute Gasteiger partial charge is 0.256 e. The van der Waals surface area contributed by atoms with E-state index in [1.54, 1.807) is 12.4 Å². The third kappa shape index (κ3) is 3.26.